The van der Waals surface area contributed by atoms with Gasteiger partial charge in [0, 0.05) is 43.3 Å². The van der Waals surface area contributed by atoms with Crippen LogP contribution in [0.1, 0.15) is 64.3 Å². The number of benzene rings is 8. The molecule has 0 fully saturated rings. The molecule has 0 saturated carbocycles. The van der Waals surface area contributed by atoms with Crippen LogP contribution in [0.25, 0.3) is 32.3 Å². The summed E-state index contributed by atoms with van der Waals surface area (Å²) in [5, 5.41) is 1.32. The number of rotatable bonds is 3. The van der Waals surface area contributed by atoms with Crippen LogP contribution in [-0.2, 0) is 5.41 Å². The number of fused-ring (bicyclic) bond motifs is 16. The molecule has 0 N–H and O–H groups in total. The van der Waals surface area contributed by atoms with Crippen molar-refractivity contribution in [3.8, 4) is 22.3 Å². The Morgan fingerprint density at radius 2 is 1.07 bits per heavy atom. The molecule has 2 aliphatic heterocycles. The Morgan fingerprint density at radius 1 is 0.492 bits per heavy atom. The lowest BCUT2D eigenvalue weighted by Crippen LogP contribution is -2.60. The molecule has 9 aromatic rings. The number of aryl methyl sites for hydroxylation is 3. The van der Waals surface area contributed by atoms with Crippen LogP contribution in [0, 0.1) is 20.8 Å². The van der Waals surface area contributed by atoms with Crippen molar-refractivity contribution in [1.82, 2.24) is 0 Å². The molecule has 0 atom stereocenters. The predicted molar refractivity (Wildman–Crippen MR) is 260 cm³/mol. The van der Waals surface area contributed by atoms with E-state index in [0.717, 1.165) is 0 Å². The molecule has 2 aliphatic carbocycles. The van der Waals surface area contributed by atoms with Gasteiger partial charge in [0.05, 0.1) is 11.1 Å². The second kappa shape index (κ2) is 12.5. The summed E-state index contributed by atoms with van der Waals surface area (Å²) in [6.45, 7) is 11.4. The fourth-order valence-corrected chi connectivity index (χ4v) is 12.8. The van der Waals surface area contributed by atoms with E-state index in [9.17, 15) is 0 Å². The Balaban J connectivity index is 1.15. The zero-order valence-electron chi connectivity index (χ0n) is 35.0. The Labute approximate surface area is 362 Å². The smallest absolute Gasteiger partial charge is 0.264 e. The zero-order chi connectivity index (χ0) is 40.9. The van der Waals surface area contributed by atoms with Gasteiger partial charge in [0.15, 0.2) is 0 Å². The largest absolute Gasteiger partial charge is 0.311 e. The molecule has 61 heavy (non-hydrogen) atoms. The first-order valence-electron chi connectivity index (χ1n) is 21.7. The molecule has 0 radical (unpaired) electrons. The maximum atomic E-state index is 2.63. The maximum absolute atomic E-state index is 2.63. The summed E-state index contributed by atoms with van der Waals surface area (Å²) in [6.07, 6.45) is 0. The summed E-state index contributed by atoms with van der Waals surface area (Å²) >= 11 is 2.00. The number of hydrogen-bond acceptors (Lipinski definition) is 3. The minimum absolute atomic E-state index is 0.0789. The average Bonchev–Trinajstić information content (AvgIpc) is 3.89. The normalized spacial score (nSPS) is 14.5. The average molecular weight is 799 g/mol. The van der Waals surface area contributed by atoms with Gasteiger partial charge >= 0.3 is 0 Å². The van der Waals surface area contributed by atoms with Crippen molar-refractivity contribution in [2.24, 2.45) is 0 Å². The number of nitrogens with zero attached hydrogens (tertiary/aromatic N) is 2. The van der Waals surface area contributed by atoms with Gasteiger partial charge in [0.25, 0.3) is 6.71 Å². The lowest BCUT2D eigenvalue weighted by molar-refractivity contribution is 0.785. The van der Waals surface area contributed by atoms with E-state index in [1.54, 1.807) is 0 Å². The second-order valence-electron chi connectivity index (χ2n) is 18.1. The first kappa shape index (κ1) is 35.2. The molecule has 0 amide bonds. The highest BCUT2D eigenvalue weighted by molar-refractivity contribution is 7.33. The molecular formula is C57H43BN2S. The molecule has 0 unspecified atom stereocenters. The number of hydrogen-bond donors (Lipinski definition) is 0. The molecule has 8 aromatic carbocycles. The fourth-order valence-electron chi connectivity index (χ4n) is 11.5. The third-order valence-corrected chi connectivity index (χ3v) is 15.4. The summed E-state index contributed by atoms with van der Waals surface area (Å²) < 4.78 is 2.74. The lowest BCUT2D eigenvalue weighted by Gasteiger charge is -2.43. The number of anilines is 6. The Hall–Kier alpha value is -6.62. The standard InChI is InChI=1S/C57H43BN2S/c1-33(2)37-22-27-42-43-32-53-44(31-48(43)57(47(42)30-37)45-14-8-6-12-40(45)41-13-7-9-15-46(41)57)55-56(61-53)58-49-16-10-11-17-50(49)59(38-23-18-34(3)19-24-38)51-28-36(5)29-52(54(51)58)60(55)39-25-20-35(4)21-26-39/h6-33H,1-5H3. The number of para-hydroxylation sites is 1. The minimum Gasteiger partial charge on any atom is -0.311 e. The molecule has 4 heteroatoms. The monoisotopic (exact) mass is 798 g/mol. The van der Waals surface area contributed by atoms with Crippen LogP contribution in [0.15, 0.2) is 164 Å². The van der Waals surface area contributed by atoms with Crippen molar-refractivity contribution in [1.29, 1.82) is 0 Å². The van der Waals surface area contributed by atoms with Crippen molar-refractivity contribution in [2.45, 2.75) is 46.0 Å². The summed E-state index contributed by atoms with van der Waals surface area (Å²) in [5.74, 6) is 0.422. The van der Waals surface area contributed by atoms with E-state index in [1.165, 1.54) is 127 Å². The molecule has 13 rings (SSSR count). The van der Waals surface area contributed by atoms with Gasteiger partial charge in [-0.25, -0.2) is 0 Å². The van der Waals surface area contributed by atoms with Gasteiger partial charge in [-0.3, -0.25) is 0 Å². The van der Waals surface area contributed by atoms with E-state index in [-0.39, 0.29) is 6.71 Å². The lowest BCUT2D eigenvalue weighted by atomic mass is 9.36. The molecule has 290 valence electrons. The van der Waals surface area contributed by atoms with Crippen LogP contribution in [-0.4, -0.2) is 6.71 Å². The van der Waals surface area contributed by atoms with E-state index >= 15 is 0 Å². The Bertz CT molecular complexity index is 3290. The first-order chi connectivity index (χ1) is 29.8. The van der Waals surface area contributed by atoms with Crippen molar-refractivity contribution in [3.63, 3.8) is 0 Å². The molecule has 1 aromatic heterocycles. The van der Waals surface area contributed by atoms with Crippen LogP contribution >= 0.6 is 11.3 Å². The van der Waals surface area contributed by atoms with E-state index in [0.29, 0.717) is 5.92 Å². The third-order valence-electron chi connectivity index (χ3n) is 14.2. The van der Waals surface area contributed by atoms with Gasteiger partial charge in [-0.1, -0.05) is 134 Å². The van der Waals surface area contributed by atoms with Crippen molar-refractivity contribution in [2.75, 3.05) is 9.80 Å². The minimum atomic E-state index is -0.428. The highest BCUT2D eigenvalue weighted by atomic mass is 32.1. The fraction of sp³-hybridized carbons (Fsp3) is 0.123. The van der Waals surface area contributed by atoms with Crippen LogP contribution in [0.4, 0.5) is 34.1 Å². The van der Waals surface area contributed by atoms with Crippen molar-refractivity contribution in [3.05, 3.63) is 208 Å². The van der Waals surface area contributed by atoms with Gasteiger partial charge < -0.3 is 9.80 Å². The molecule has 1 spiro atoms. The van der Waals surface area contributed by atoms with Gasteiger partial charge in [-0.2, -0.15) is 0 Å². The second-order valence-corrected chi connectivity index (χ2v) is 19.1. The van der Waals surface area contributed by atoms with E-state index in [1.807, 2.05) is 11.3 Å². The molecule has 4 aliphatic rings. The summed E-state index contributed by atoms with van der Waals surface area (Å²) in [6, 6.07) is 63.2. The molecule has 0 saturated heterocycles. The molecule has 0 bridgehead atoms. The van der Waals surface area contributed by atoms with Crippen LogP contribution in [0.2, 0.25) is 0 Å². The summed E-state index contributed by atoms with van der Waals surface area (Å²) in [7, 11) is 0. The van der Waals surface area contributed by atoms with Crippen molar-refractivity contribution >= 4 is 78.0 Å². The molecule has 3 heterocycles. The van der Waals surface area contributed by atoms with E-state index in [4.69, 9.17) is 0 Å². The van der Waals surface area contributed by atoms with E-state index < -0.39 is 5.41 Å². The van der Waals surface area contributed by atoms with Crippen LogP contribution in [0.3, 0.4) is 0 Å². The van der Waals surface area contributed by atoms with Crippen molar-refractivity contribution < 1.29 is 0 Å². The van der Waals surface area contributed by atoms with Crippen LogP contribution < -0.4 is 25.5 Å². The molecular weight excluding hydrogens is 756 g/mol. The molecule has 2 nitrogen and oxygen atoms in total. The maximum Gasteiger partial charge on any atom is 0.264 e. The third kappa shape index (κ3) is 4.58. The highest BCUT2D eigenvalue weighted by Gasteiger charge is 2.53. The number of thiophene rings is 1. The van der Waals surface area contributed by atoms with E-state index in [2.05, 4.69) is 208 Å². The van der Waals surface area contributed by atoms with Gasteiger partial charge in [0.1, 0.15) is 0 Å². The van der Waals surface area contributed by atoms with Crippen LogP contribution in [0.5, 0.6) is 0 Å². The van der Waals surface area contributed by atoms with Gasteiger partial charge in [-0.05, 0) is 148 Å². The van der Waals surface area contributed by atoms with Gasteiger partial charge in [0.2, 0.25) is 0 Å². The first-order valence-corrected chi connectivity index (χ1v) is 22.5. The highest BCUT2D eigenvalue weighted by Crippen LogP contribution is 2.64. The SMILES string of the molecule is Cc1ccc(N2c3ccccc3B3c4sc5cc6c(cc5c4N(c4ccc(C)cc4)c4cc(C)cc2c43)C2(c3ccccc3-c3ccccc32)c2cc(C(C)C)ccc2-6)cc1. The Kier molecular flexibility index (Phi) is 7.19. The zero-order valence-corrected chi connectivity index (χ0v) is 35.9. The summed E-state index contributed by atoms with van der Waals surface area (Å²) in [5.41, 5.74) is 25.9. The van der Waals surface area contributed by atoms with Gasteiger partial charge in [-0.15, -0.1) is 11.3 Å². The quantitative estimate of drug-likeness (QED) is 0.164. The topological polar surface area (TPSA) is 6.48 Å². The summed E-state index contributed by atoms with van der Waals surface area (Å²) in [4.78, 5) is 5.13. The Morgan fingerprint density at radius 3 is 1.74 bits per heavy atom. The predicted octanol–water partition coefficient (Wildman–Crippen LogP) is 13.4.